The Morgan fingerprint density at radius 2 is 1.90 bits per heavy atom. The van der Waals surface area contributed by atoms with Gasteiger partial charge in [-0.3, -0.25) is 9.18 Å². The summed E-state index contributed by atoms with van der Waals surface area (Å²) in [6, 6.07) is 10.2. The highest BCUT2D eigenvalue weighted by molar-refractivity contribution is 5.76. The topological polar surface area (TPSA) is 37.3 Å². The van der Waals surface area contributed by atoms with Crippen LogP contribution in [-0.4, -0.2) is 17.8 Å². The van der Waals surface area contributed by atoms with Crippen molar-refractivity contribution in [3.05, 3.63) is 35.9 Å². The van der Waals surface area contributed by atoms with Crippen molar-refractivity contribution < 1.29 is 14.3 Å². The molecule has 4 aliphatic carbocycles. The van der Waals surface area contributed by atoms with E-state index in [0.717, 1.165) is 25.7 Å². The molecular weight excluding hydrogens is 267 g/mol. The molecule has 0 aromatic heterocycles. The van der Waals surface area contributed by atoms with E-state index in [9.17, 15) is 14.3 Å². The quantitative estimate of drug-likeness (QED) is 0.914. The minimum Gasteiger partial charge on any atom is -0.481 e. The molecule has 0 heterocycles. The Bertz CT molecular complexity index is 586. The second kappa shape index (κ2) is 4.08. The van der Waals surface area contributed by atoms with E-state index in [1.54, 1.807) is 0 Å². The van der Waals surface area contributed by atoms with Crippen molar-refractivity contribution in [2.24, 2.45) is 16.7 Å². The van der Waals surface area contributed by atoms with Crippen LogP contribution in [0.4, 0.5) is 4.39 Å². The average molecular weight is 288 g/mol. The molecule has 0 aliphatic heterocycles. The van der Waals surface area contributed by atoms with Crippen LogP contribution in [0, 0.1) is 16.7 Å². The summed E-state index contributed by atoms with van der Waals surface area (Å²) in [6.07, 6.45) is 4.72. The number of halogens is 1. The zero-order valence-electron chi connectivity index (χ0n) is 12.1. The van der Waals surface area contributed by atoms with Crippen molar-refractivity contribution in [1.82, 2.24) is 0 Å². The SMILES string of the molecule is O=C(O)C12CC3CC(CF)(C1)CC(c1ccccc1)(C3)C2. The molecule has 0 radical (unpaired) electrons. The number of aliphatic carboxylic acids is 1. The summed E-state index contributed by atoms with van der Waals surface area (Å²) in [4.78, 5) is 12.0. The van der Waals surface area contributed by atoms with Gasteiger partial charge in [0.15, 0.2) is 0 Å². The van der Waals surface area contributed by atoms with Crippen LogP contribution in [0.25, 0.3) is 0 Å². The van der Waals surface area contributed by atoms with Gasteiger partial charge in [0.25, 0.3) is 0 Å². The highest BCUT2D eigenvalue weighted by atomic mass is 19.1. The van der Waals surface area contributed by atoms with Gasteiger partial charge < -0.3 is 5.11 Å². The van der Waals surface area contributed by atoms with Crippen LogP contribution in [0.3, 0.4) is 0 Å². The van der Waals surface area contributed by atoms with Crippen LogP contribution in [0.2, 0.25) is 0 Å². The minimum atomic E-state index is -0.704. The van der Waals surface area contributed by atoms with Crippen LogP contribution in [0.5, 0.6) is 0 Å². The van der Waals surface area contributed by atoms with Crippen molar-refractivity contribution in [1.29, 1.82) is 0 Å². The Morgan fingerprint density at radius 3 is 2.57 bits per heavy atom. The predicted molar refractivity (Wildman–Crippen MR) is 77.8 cm³/mol. The van der Waals surface area contributed by atoms with Gasteiger partial charge in [-0.1, -0.05) is 30.3 Å². The number of alkyl halides is 1. The van der Waals surface area contributed by atoms with E-state index < -0.39 is 16.8 Å². The highest BCUT2D eigenvalue weighted by Gasteiger charge is 2.66. The maximum absolute atomic E-state index is 13.9. The monoisotopic (exact) mass is 288 g/mol. The Morgan fingerprint density at radius 1 is 1.14 bits per heavy atom. The fourth-order valence-electron chi connectivity index (χ4n) is 6.14. The van der Waals surface area contributed by atoms with Crippen LogP contribution < -0.4 is 0 Å². The molecule has 112 valence electrons. The number of hydrogen-bond donors (Lipinski definition) is 1. The number of carboxylic acid groups (broad SMARTS) is 1. The summed E-state index contributed by atoms with van der Waals surface area (Å²) < 4.78 is 13.9. The van der Waals surface area contributed by atoms with Gasteiger partial charge in [-0.25, -0.2) is 0 Å². The lowest BCUT2D eigenvalue weighted by atomic mass is 9.38. The van der Waals surface area contributed by atoms with Gasteiger partial charge in [0, 0.05) is 5.41 Å². The van der Waals surface area contributed by atoms with Crippen LogP contribution in [0.15, 0.2) is 30.3 Å². The lowest BCUT2D eigenvalue weighted by Crippen LogP contribution is -2.61. The number of hydrogen-bond acceptors (Lipinski definition) is 1. The van der Waals surface area contributed by atoms with Crippen molar-refractivity contribution in [3.63, 3.8) is 0 Å². The molecule has 4 atom stereocenters. The molecule has 4 saturated carbocycles. The molecule has 4 unspecified atom stereocenters. The molecule has 4 fully saturated rings. The first-order chi connectivity index (χ1) is 10.0. The summed E-state index contributed by atoms with van der Waals surface area (Å²) in [7, 11) is 0. The predicted octanol–water partition coefficient (Wildman–Crippen LogP) is 3.95. The molecule has 1 N–H and O–H groups in total. The van der Waals surface area contributed by atoms with Crippen LogP contribution in [-0.2, 0) is 10.2 Å². The Kier molecular flexibility index (Phi) is 2.59. The third-order valence-corrected chi connectivity index (χ3v) is 6.31. The van der Waals surface area contributed by atoms with Gasteiger partial charge in [0.2, 0.25) is 0 Å². The third kappa shape index (κ3) is 1.72. The molecule has 4 aliphatic rings. The summed E-state index contributed by atoms with van der Waals surface area (Å²) in [5.41, 5.74) is 0.0118. The van der Waals surface area contributed by atoms with Crippen molar-refractivity contribution >= 4 is 5.97 Å². The van der Waals surface area contributed by atoms with Gasteiger partial charge in [-0.05, 0) is 55.4 Å². The fraction of sp³-hybridized carbons (Fsp3) is 0.611. The molecular formula is C18H21FO2. The second-order valence-electron chi connectivity index (χ2n) is 7.87. The molecule has 1 aromatic rings. The maximum atomic E-state index is 13.9. The molecule has 0 spiro atoms. The second-order valence-corrected chi connectivity index (χ2v) is 7.87. The van der Waals surface area contributed by atoms with E-state index in [0.29, 0.717) is 18.8 Å². The van der Waals surface area contributed by atoms with E-state index in [4.69, 9.17) is 0 Å². The lowest BCUT2D eigenvalue weighted by Gasteiger charge is -2.65. The Balaban J connectivity index is 1.85. The molecule has 0 amide bonds. The first-order valence-corrected chi connectivity index (χ1v) is 7.87. The summed E-state index contributed by atoms with van der Waals surface area (Å²) in [5, 5.41) is 9.83. The highest BCUT2D eigenvalue weighted by Crippen LogP contribution is 2.70. The summed E-state index contributed by atoms with van der Waals surface area (Å²) in [5.74, 6) is -0.335. The van der Waals surface area contributed by atoms with Crippen LogP contribution >= 0.6 is 0 Å². The van der Waals surface area contributed by atoms with E-state index in [1.165, 1.54) is 5.56 Å². The minimum absolute atomic E-state index is 0.120. The van der Waals surface area contributed by atoms with Gasteiger partial charge >= 0.3 is 5.97 Å². The van der Waals surface area contributed by atoms with E-state index in [-0.39, 0.29) is 12.1 Å². The fourth-order valence-corrected chi connectivity index (χ4v) is 6.14. The molecule has 5 rings (SSSR count). The van der Waals surface area contributed by atoms with E-state index in [2.05, 4.69) is 12.1 Å². The molecule has 0 saturated heterocycles. The average Bonchev–Trinajstić information content (AvgIpc) is 2.47. The number of benzene rings is 1. The van der Waals surface area contributed by atoms with Gasteiger partial charge in [0.05, 0.1) is 12.1 Å². The van der Waals surface area contributed by atoms with E-state index >= 15 is 0 Å². The zero-order chi connectivity index (χ0) is 14.7. The molecule has 3 heteroatoms. The van der Waals surface area contributed by atoms with Crippen molar-refractivity contribution in [2.75, 3.05) is 6.67 Å². The van der Waals surface area contributed by atoms with E-state index in [1.807, 2.05) is 18.2 Å². The zero-order valence-corrected chi connectivity index (χ0v) is 12.1. The smallest absolute Gasteiger partial charge is 0.309 e. The van der Waals surface area contributed by atoms with Crippen molar-refractivity contribution in [2.45, 2.75) is 43.9 Å². The molecule has 21 heavy (non-hydrogen) atoms. The first kappa shape index (κ1) is 13.3. The largest absolute Gasteiger partial charge is 0.481 e. The number of carboxylic acids is 1. The molecule has 1 aromatic carbocycles. The number of carbonyl (C=O) groups is 1. The normalized spacial score (nSPS) is 44.0. The molecule has 4 bridgehead atoms. The lowest BCUT2D eigenvalue weighted by molar-refractivity contribution is -0.181. The standard InChI is InChI=1S/C18H21FO2/c19-12-16-6-13-7-17(9-16,14-4-2-1-3-5-14)11-18(8-13,10-16)15(20)21/h1-5,13H,6-12H2,(H,20,21). The van der Waals surface area contributed by atoms with Crippen molar-refractivity contribution in [3.8, 4) is 0 Å². The Labute approximate surface area is 124 Å². The summed E-state index contributed by atoms with van der Waals surface area (Å²) in [6.45, 7) is -0.368. The Hall–Kier alpha value is -1.38. The van der Waals surface area contributed by atoms with Gasteiger partial charge in [-0.2, -0.15) is 0 Å². The first-order valence-electron chi connectivity index (χ1n) is 7.87. The summed E-state index contributed by atoms with van der Waals surface area (Å²) >= 11 is 0. The molecule has 2 nitrogen and oxygen atoms in total. The van der Waals surface area contributed by atoms with Crippen LogP contribution in [0.1, 0.15) is 44.1 Å². The van der Waals surface area contributed by atoms with Gasteiger partial charge in [-0.15, -0.1) is 0 Å². The maximum Gasteiger partial charge on any atom is 0.309 e. The van der Waals surface area contributed by atoms with Gasteiger partial charge in [0.1, 0.15) is 0 Å². The third-order valence-electron chi connectivity index (χ3n) is 6.31. The number of rotatable bonds is 3.